The summed E-state index contributed by atoms with van der Waals surface area (Å²) in [5.74, 6) is -0.728. The molecule has 0 bridgehead atoms. The third-order valence-electron chi connectivity index (χ3n) is 3.74. The second kappa shape index (κ2) is 8.79. The van der Waals surface area contributed by atoms with Crippen LogP contribution in [0, 0.1) is 5.41 Å². The van der Waals surface area contributed by atoms with Gasteiger partial charge in [-0.15, -0.1) is 0 Å². The molecule has 4 nitrogen and oxygen atoms in total. The fourth-order valence-corrected chi connectivity index (χ4v) is 2.19. The SMILES string of the molecule is CCCCOC(=O)C(CC)(CC)C(=O)Oc1ccc(Cl)cc1. The summed E-state index contributed by atoms with van der Waals surface area (Å²) in [6, 6.07) is 6.45. The molecule has 0 aliphatic carbocycles. The standard InChI is InChI=1S/C17H23ClO4/c1-4-7-12-21-15(19)17(5-2,6-3)16(20)22-14-10-8-13(18)9-11-14/h8-11H,4-7,12H2,1-3H3. The lowest BCUT2D eigenvalue weighted by atomic mass is 9.82. The van der Waals surface area contributed by atoms with E-state index >= 15 is 0 Å². The summed E-state index contributed by atoms with van der Waals surface area (Å²) >= 11 is 5.80. The van der Waals surface area contributed by atoms with Crippen molar-refractivity contribution >= 4 is 23.5 Å². The second-order valence-corrected chi connectivity index (χ2v) is 5.56. The first-order chi connectivity index (χ1) is 10.5. The van der Waals surface area contributed by atoms with E-state index in [0.29, 0.717) is 30.2 Å². The number of unbranched alkanes of at least 4 members (excludes halogenated alkanes) is 1. The third kappa shape index (κ3) is 4.47. The van der Waals surface area contributed by atoms with Gasteiger partial charge in [0.15, 0.2) is 5.41 Å². The maximum atomic E-state index is 12.5. The monoisotopic (exact) mass is 326 g/mol. The molecule has 0 aliphatic rings. The molecule has 0 saturated heterocycles. The van der Waals surface area contributed by atoms with Gasteiger partial charge in [0.1, 0.15) is 5.75 Å². The Morgan fingerprint density at radius 2 is 1.64 bits per heavy atom. The lowest BCUT2D eigenvalue weighted by Crippen LogP contribution is -2.42. The van der Waals surface area contributed by atoms with Gasteiger partial charge in [-0.2, -0.15) is 0 Å². The van der Waals surface area contributed by atoms with Gasteiger partial charge in [-0.3, -0.25) is 9.59 Å². The van der Waals surface area contributed by atoms with Crippen molar-refractivity contribution in [1.29, 1.82) is 0 Å². The van der Waals surface area contributed by atoms with Crippen LogP contribution in [0.25, 0.3) is 0 Å². The van der Waals surface area contributed by atoms with Crippen molar-refractivity contribution in [2.24, 2.45) is 5.41 Å². The van der Waals surface area contributed by atoms with Crippen LogP contribution in [0.3, 0.4) is 0 Å². The predicted octanol–water partition coefficient (Wildman–Crippen LogP) is 4.40. The minimum Gasteiger partial charge on any atom is -0.465 e. The van der Waals surface area contributed by atoms with E-state index in [1.807, 2.05) is 6.92 Å². The molecule has 5 heteroatoms. The van der Waals surface area contributed by atoms with E-state index in [1.165, 1.54) is 0 Å². The number of carbonyl (C=O) groups is 2. The van der Waals surface area contributed by atoms with E-state index in [-0.39, 0.29) is 0 Å². The minimum atomic E-state index is -1.26. The van der Waals surface area contributed by atoms with Crippen molar-refractivity contribution in [3.63, 3.8) is 0 Å². The van der Waals surface area contributed by atoms with Crippen LogP contribution in [-0.4, -0.2) is 18.5 Å². The summed E-state index contributed by atoms with van der Waals surface area (Å²) in [7, 11) is 0. The number of esters is 2. The molecule has 0 N–H and O–H groups in total. The van der Waals surface area contributed by atoms with Crippen molar-refractivity contribution in [3.8, 4) is 5.75 Å². The van der Waals surface area contributed by atoms with Gasteiger partial charge in [-0.1, -0.05) is 38.8 Å². The molecular formula is C17H23ClO4. The Hall–Kier alpha value is -1.55. The molecule has 0 aromatic heterocycles. The number of hydrogen-bond donors (Lipinski definition) is 0. The molecule has 0 spiro atoms. The Bertz CT molecular complexity index is 492. The van der Waals surface area contributed by atoms with Crippen molar-refractivity contribution < 1.29 is 19.1 Å². The van der Waals surface area contributed by atoms with Crippen molar-refractivity contribution in [2.75, 3.05) is 6.61 Å². The Morgan fingerprint density at radius 1 is 1.05 bits per heavy atom. The smallest absolute Gasteiger partial charge is 0.328 e. The maximum absolute atomic E-state index is 12.5. The zero-order valence-corrected chi connectivity index (χ0v) is 14.1. The highest BCUT2D eigenvalue weighted by molar-refractivity contribution is 6.30. The summed E-state index contributed by atoms with van der Waals surface area (Å²) in [6.07, 6.45) is 2.37. The normalized spacial score (nSPS) is 11.1. The van der Waals surface area contributed by atoms with Crippen LogP contribution in [-0.2, 0) is 14.3 Å². The highest BCUT2D eigenvalue weighted by Crippen LogP contribution is 2.31. The summed E-state index contributed by atoms with van der Waals surface area (Å²) in [5.41, 5.74) is -1.26. The Morgan fingerprint density at radius 3 is 2.14 bits per heavy atom. The minimum absolute atomic E-state index is 0.325. The molecule has 0 saturated carbocycles. The Kier molecular flexibility index (Phi) is 7.39. The molecule has 0 amide bonds. The van der Waals surface area contributed by atoms with Crippen LogP contribution >= 0.6 is 11.6 Å². The van der Waals surface area contributed by atoms with E-state index in [0.717, 1.165) is 12.8 Å². The molecule has 0 aliphatic heterocycles. The average molecular weight is 327 g/mol. The van der Waals surface area contributed by atoms with E-state index in [2.05, 4.69) is 0 Å². The molecule has 0 heterocycles. The molecule has 1 rings (SSSR count). The molecule has 1 aromatic carbocycles. The van der Waals surface area contributed by atoms with Gasteiger partial charge < -0.3 is 9.47 Å². The topological polar surface area (TPSA) is 52.6 Å². The van der Waals surface area contributed by atoms with Gasteiger partial charge in [0.25, 0.3) is 0 Å². The van der Waals surface area contributed by atoms with Gasteiger partial charge >= 0.3 is 11.9 Å². The fourth-order valence-electron chi connectivity index (χ4n) is 2.07. The first-order valence-corrected chi connectivity index (χ1v) is 8.03. The number of rotatable bonds is 8. The van der Waals surface area contributed by atoms with Gasteiger partial charge in [-0.25, -0.2) is 0 Å². The zero-order valence-electron chi connectivity index (χ0n) is 13.4. The number of hydrogen-bond acceptors (Lipinski definition) is 4. The third-order valence-corrected chi connectivity index (χ3v) is 4.00. The van der Waals surface area contributed by atoms with Crippen LogP contribution < -0.4 is 4.74 Å². The quantitative estimate of drug-likeness (QED) is 0.307. The van der Waals surface area contributed by atoms with Crippen LogP contribution in [0.4, 0.5) is 0 Å². The highest BCUT2D eigenvalue weighted by atomic mass is 35.5. The summed E-state index contributed by atoms with van der Waals surface area (Å²) in [6.45, 7) is 5.90. The van der Waals surface area contributed by atoms with E-state index in [9.17, 15) is 9.59 Å². The van der Waals surface area contributed by atoms with Gasteiger partial charge in [0.05, 0.1) is 6.61 Å². The Labute approximate surface area is 136 Å². The number of ether oxygens (including phenoxy) is 2. The zero-order chi connectivity index (χ0) is 16.6. The van der Waals surface area contributed by atoms with Crippen LogP contribution in [0.5, 0.6) is 5.75 Å². The molecule has 22 heavy (non-hydrogen) atoms. The number of benzene rings is 1. The Balaban J connectivity index is 2.85. The van der Waals surface area contributed by atoms with Gasteiger partial charge in [0, 0.05) is 5.02 Å². The van der Waals surface area contributed by atoms with Crippen molar-refractivity contribution in [2.45, 2.75) is 46.5 Å². The van der Waals surface area contributed by atoms with E-state index in [1.54, 1.807) is 38.1 Å². The molecule has 1 aromatic rings. The molecule has 0 atom stereocenters. The molecule has 0 radical (unpaired) electrons. The lowest BCUT2D eigenvalue weighted by molar-refractivity contribution is -0.168. The lowest BCUT2D eigenvalue weighted by Gasteiger charge is -2.26. The van der Waals surface area contributed by atoms with Gasteiger partial charge in [-0.05, 0) is 43.5 Å². The maximum Gasteiger partial charge on any atom is 0.328 e. The first-order valence-electron chi connectivity index (χ1n) is 7.65. The molecular weight excluding hydrogens is 304 g/mol. The summed E-state index contributed by atoms with van der Waals surface area (Å²) in [5, 5.41) is 0.552. The van der Waals surface area contributed by atoms with Gasteiger partial charge in [0.2, 0.25) is 0 Å². The van der Waals surface area contributed by atoms with Crippen LogP contribution in [0.15, 0.2) is 24.3 Å². The molecule has 122 valence electrons. The molecule has 0 unspecified atom stereocenters. The van der Waals surface area contributed by atoms with Crippen molar-refractivity contribution in [1.82, 2.24) is 0 Å². The van der Waals surface area contributed by atoms with E-state index < -0.39 is 17.4 Å². The number of carbonyl (C=O) groups excluding carboxylic acids is 2. The second-order valence-electron chi connectivity index (χ2n) is 5.12. The highest BCUT2D eigenvalue weighted by Gasteiger charge is 2.46. The van der Waals surface area contributed by atoms with Crippen LogP contribution in [0.1, 0.15) is 46.5 Å². The van der Waals surface area contributed by atoms with Crippen LogP contribution in [0.2, 0.25) is 5.02 Å². The predicted molar refractivity (Wildman–Crippen MR) is 86.0 cm³/mol. The molecule has 0 fully saturated rings. The van der Waals surface area contributed by atoms with Crippen molar-refractivity contribution in [3.05, 3.63) is 29.3 Å². The summed E-state index contributed by atoms with van der Waals surface area (Å²) < 4.78 is 10.6. The fraction of sp³-hybridized carbons (Fsp3) is 0.529. The average Bonchev–Trinajstić information content (AvgIpc) is 2.51. The van der Waals surface area contributed by atoms with E-state index in [4.69, 9.17) is 21.1 Å². The summed E-state index contributed by atoms with van der Waals surface area (Å²) in [4.78, 5) is 24.8. The first kappa shape index (κ1) is 18.5. The number of halogens is 1. The largest absolute Gasteiger partial charge is 0.465 e.